The lowest BCUT2D eigenvalue weighted by Gasteiger charge is -2.26. The van der Waals surface area contributed by atoms with E-state index in [-0.39, 0.29) is 17.9 Å². The average Bonchev–Trinajstić information content (AvgIpc) is 3.43. The molecule has 2 atom stereocenters. The van der Waals surface area contributed by atoms with Gasteiger partial charge in [-0.05, 0) is 85.7 Å². The normalized spacial score (nSPS) is 17.9. The van der Waals surface area contributed by atoms with Crippen molar-refractivity contribution in [3.05, 3.63) is 106 Å². The van der Waals surface area contributed by atoms with Crippen LogP contribution in [0.1, 0.15) is 34.7 Å². The second-order valence-corrected chi connectivity index (χ2v) is 8.84. The average molecular weight is 478 g/mol. The highest BCUT2D eigenvalue weighted by molar-refractivity contribution is 7.80. The predicted octanol–water partition coefficient (Wildman–Crippen LogP) is 6.93. The maximum Gasteiger partial charge on any atom is 0.174 e. The van der Waals surface area contributed by atoms with Crippen molar-refractivity contribution >= 4 is 34.6 Å². The number of hydrogen-bond donors (Lipinski definition) is 1. The second kappa shape index (κ2) is 8.61. The second-order valence-electron chi connectivity index (χ2n) is 8.04. The van der Waals surface area contributed by atoms with Crippen LogP contribution in [0.3, 0.4) is 0 Å². The van der Waals surface area contributed by atoms with Gasteiger partial charge in [-0.15, -0.1) is 0 Å². The number of hydrogen-bond acceptors (Lipinski definition) is 3. The molecule has 0 amide bonds. The molecule has 2 aromatic heterocycles. The Bertz CT molecular complexity index is 1340. The Morgan fingerprint density at radius 3 is 2.67 bits per heavy atom. The summed E-state index contributed by atoms with van der Waals surface area (Å²) >= 11 is 12.1. The van der Waals surface area contributed by atoms with E-state index in [0.29, 0.717) is 21.5 Å². The van der Waals surface area contributed by atoms with E-state index in [1.54, 1.807) is 25.3 Å². The molecule has 166 valence electrons. The van der Waals surface area contributed by atoms with Crippen molar-refractivity contribution in [3.63, 3.8) is 0 Å². The number of aromatic nitrogens is 1. The highest BCUT2D eigenvalue weighted by Crippen LogP contribution is 2.43. The van der Waals surface area contributed by atoms with Gasteiger partial charge in [-0.3, -0.25) is 4.98 Å². The first-order chi connectivity index (χ1) is 15.9. The molecule has 4 aromatic rings. The van der Waals surface area contributed by atoms with Gasteiger partial charge < -0.3 is 14.6 Å². The molecule has 1 aliphatic heterocycles. The van der Waals surface area contributed by atoms with Gasteiger partial charge in [0.05, 0.1) is 11.7 Å². The monoisotopic (exact) mass is 477 g/mol. The van der Waals surface area contributed by atoms with Gasteiger partial charge in [-0.2, -0.15) is 0 Å². The number of halogens is 2. The first-order valence-electron chi connectivity index (χ1n) is 10.6. The van der Waals surface area contributed by atoms with Gasteiger partial charge >= 0.3 is 0 Å². The third-order valence-electron chi connectivity index (χ3n) is 5.97. The van der Waals surface area contributed by atoms with Gasteiger partial charge in [0.15, 0.2) is 5.11 Å². The number of anilines is 1. The van der Waals surface area contributed by atoms with Crippen molar-refractivity contribution < 1.29 is 8.81 Å². The number of pyridine rings is 1. The minimum Gasteiger partial charge on any atom is -0.459 e. The summed E-state index contributed by atoms with van der Waals surface area (Å²) in [5.41, 5.74) is 4.05. The predicted molar refractivity (Wildman–Crippen MR) is 133 cm³/mol. The molecule has 1 N–H and O–H groups in total. The number of benzene rings is 2. The van der Waals surface area contributed by atoms with Crippen molar-refractivity contribution in [1.82, 2.24) is 10.3 Å². The molecule has 3 heterocycles. The molecule has 1 aliphatic rings. The molecule has 33 heavy (non-hydrogen) atoms. The summed E-state index contributed by atoms with van der Waals surface area (Å²) in [4.78, 5) is 6.52. The van der Waals surface area contributed by atoms with E-state index in [4.69, 9.17) is 28.2 Å². The summed E-state index contributed by atoms with van der Waals surface area (Å²) in [5.74, 6) is 1.18. The van der Waals surface area contributed by atoms with Crippen LogP contribution in [0.2, 0.25) is 5.02 Å². The zero-order valence-electron chi connectivity index (χ0n) is 18.0. The van der Waals surface area contributed by atoms with Gasteiger partial charge in [0.25, 0.3) is 0 Å². The van der Waals surface area contributed by atoms with Crippen LogP contribution >= 0.6 is 23.8 Å². The van der Waals surface area contributed by atoms with E-state index in [2.05, 4.69) is 10.3 Å². The van der Waals surface area contributed by atoms with Crippen molar-refractivity contribution in [1.29, 1.82) is 0 Å². The van der Waals surface area contributed by atoms with E-state index in [0.717, 1.165) is 28.3 Å². The van der Waals surface area contributed by atoms with Gasteiger partial charge in [-0.25, -0.2) is 4.39 Å². The lowest BCUT2D eigenvalue weighted by atomic mass is 10.0. The van der Waals surface area contributed by atoms with Crippen molar-refractivity contribution in [2.45, 2.75) is 25.9 Å². The van der Waals surface area contributed by atoms with Crippen LogP contribution in [0, 0.1) is 19.7 Å². The Labute approximate surface area is 202 Å². The molecule has 0 aliphatic carbocycles. The van der Waals surface area contributed by atoms with Crippen LogP contribution in [0.15, 0.2) is 77.3 Å². The Morgan fingerprint density at radius 1 is 1.06 bits per heavy atom. The van der Waals surface area contributed by atoms with Crippen LogP contribution < -0.4 is 10.2 Å². The number of aryl methyl sites for hydroxylation is 1. The van der Waals surface area contributed by atoms with E-state index < -0.39 is 0 Å². The van der Waals surface area contributed by atoms with Crippen LogP contribution in [0.5, 0.6) is 0 Å². The summed E-state index contributed by atoms with van der Waals surface area (Å²) in [7, 11) is 0. The summed E-state index contributed by atoms with van der Waals surface area (Å²) < 4.78 is 20.4. The molecule has 1 fully saturated rings. The molecule has 7 heteroatoms. The topological polar surface area (TPSA) is 41.3 Å². The van der Waals surface area contributed by atoms with Crippen molar-refractivity contribution in [2.24, 2.45) is 0 Å². The third-order valence-corrected chi connectivity index (χ3v) is 6.69. The molecule has 0 radical (unpaired) electrons. The van der Waals surface area contributed by atoms with Gasteiger partial charge in [0.2, 0.25) is 0 Å². The van der Waals surface area contributed by atoms with Gasteiger partial charge in [-0.1, -0.05) is 29.8 Å². The first kappa shape index (κ1) is 21.6. The standard InChI is InChI=1S/C26H21ClFN3OS/c1-15-14-17(9-10-20(15)28)31-25(24(30-26(31)33)21-8-3-4-13-29-21)23-12-11-22(32-23)18-6-5-7-19(27)16(18)2/h3-14,24-25H,1-2H3,(H,30,33)/t24-,25-/m0/s1. The molecule has 0 spiro atoms. The molecular weight excluding hydrogens is 457 g/mol. The lowest BCUT2D eigenvalue weighted by molar-refractivity contribution is 0.439. The minimum atomic E-state index is -0.314. The maximum atomic E-state index is 14.0. The third kappa shape index (κ3) is 3.90. The number of furan rings is 1. The van der Waals surface area contributed by atoms with E-state index in [9.17, 15) is 4.39 Å². The lowest BCUT2D eigenvalue weighted by Crippen LogP contribution is -2.29. The Hall–Kier alpha value is -3.22. The Kier molecular flexibility index (Phi) is 5.64. The van der Waals surface area contributed by atoms with Gasteiger partial charge in [0.1, 0.15) is 23.4 Å². The number of nitrogens with one attached hydrogen (secondary N) is 1. The smallest absolute Gasteiger partial charge is 0.174 e. The van der Waals surface area contributed by atoms with Gasteiger partial charge in [0, 0.05) is 22.5 Å². The summed E-state index contributed by atoms with van der Waals surface area (Å²) in [5, 5.41) is 4.60. The molecule has 0 saturated carbocycles. The molecule has 0 bridgehead atoms. The van der Waals surface area contributed by atoms with E-state index >= 15 is 0 Å². The van der Waals surface area contributed by atoms with Crippen LogP contribution in [0.25, 0.3) is 11.3 Å². The Balaban J connectivity index is 1.62. The summed E-state index contributed by atoms with van der Waals surface area (Å²) in [6.45, 7) is 3.71. The van der Waals surface area contributed by atoms with E-state index in [1.165, 1.54) is 6.07 Å². The Morgan fingerprint density at radius 2 is 1.91 bits per heavy atom. The summed E-state index contributed by atoms with van der Waals surface area (Å²) in [6, 6.07) is 19.8. The number of thiocarbonyl (C=S) groups is 1. The fourth-order valence-corrected chi connectivity index (χ4v) is 4.75. The molecule has 2 aromatic carbocycles. The zero-order chi connectivity index (χ0) is 23.1. The summed E-state index contributed by atoms with van der Waals surface area (Å²) in [6.07, 6.45) is 1.75. The fraction of sp³-hybridized carbons (Fsp3) is 0.154. The zero-order valence-corrected chi connectivity index (χ0v) is 19.6. The number of nitrogens with zero attached hydrogens (tertiary/aromatic N) is 2. The molecule has 1 saturated heterocycles. The van der Waals surface area contributed by atoms with Crippen LogP contribution in [0.4, 0.5) is 10.1 Å². The molecule has 5 rings (SSSR count). The van der Waals surface area contributed by atoms with Crippen molar-refractivity contribution in [3.8, 4) is 11.3 Å². The molecule has 4 nitrogen and oxygen atoms in total. The van der Waals surface area contributed by atoms with Crippen molar-refractivity contribution in [2.75, 3.05) is 4.90 Å². The first-order valence-corrected chi connectivity index (χ1v) is 11.3. The van der Waals surface area contributed by atoms with Crippen LogP contribution in [-0.2, 0) is 0 Å². The highest BCUT2D eigenvalue weighted by atomic mass is 35.5. The highest BCUT2D eigenvalue weighted by Gasteiger charge is 2.42. The quantitative estimate of drug-likeness (QED) is 0.323. The maximum absolute atomic E-state index is 14.0. The largest absolute Gasteiger partial charge is 0.459 e. The fourth-order valence-electron chi connectivity index (χ4n) is 4.23. The van der Waals surface area contributed by atoms with E-state index in [1.807, 2.05) is 60.4 Å². The molecule has 0 unspecified atom stereocenters. The minimum absolute atomic E-state index is 0.247. The SMILES string of the molecule is Cc1cc(N2C(=S)N[C@@H](c3ccccn3)[C@@H]2c2ccc(-c3cccc(Cl)c3C)o2)ccc1F. The molecular formula is C26H21ClFN3OS. The number of rotatable bonds is 4. The van der Waals surface area contributed by atoms with Crippen LogP contribution in [-0.4, -0.2) is 10.1 Å².